The number of hydrogen-bond donors (Lipinski definition) is 3. The molecule has 1 aromatic heterocycles. The van der Waals surface area contributed by atoms with E-state index in [9.17, 15) is 8.42 Å². The number of aliphatic hydroxyl groups excluding tert-OH is 1. The third kappa shape index (κ3) is 3.69. The van der Waals surface area contributed by atoms with Crippen molar-refractivity contribution in [3.05, 3.63) is 30.6 Å². The van der Waals surface area contributed by atoms with Crippen LogP contribution in [0.15, 0.2) is 29.8 Å². The lowest BCUT2D eigenvalue weighted by atomic mass is 10.4. The van der Waals surface area contributed by atoms with Gasteiger partial charge in [0.05, 0.1) is 11.5 Å². The van der Waals surface area contributed by atoms with Crippen LogP contribution < -0.4 is 5.32 Å². The van der Waals surface area contributed by atoms with Crippen molar-refractivity contribution in [3.63, 3.8) is 0 Å². The fraction of sp³-hybridized carbons (Fsp3) is 0.538. The zero-order valence-electron chi connectivity index (χ0n) is 11.4. The van der Waals surface area contributed by atoms with Crippen molar-refractivity contribution < 1.29 is 13.5 Å². The summed E-state index contributed by atoms with van der Waals surface area (Å²) in [6, 6.07) is 2.21. The Balaban J connectivity index is 2.08. The molecule has 20 heavy (non-hydrogen) atoms. The van der Waals surface area contributed by atoms with Gasteiger partial charge in [0, 0.05) is 37.6 Å². The molecule has 0 unspecified atom stereocenters. The Labute approximate surface area is 119 Å². The normalized spacial score (nSPS) is 15.7. The number of aromatic nitrogens is 1. The highest BCUT2D eigenvalue weighted by Gasteiger charge is 2.25. The molecule has 0 aromatic carbocycles. The second-order valence-electron chi connectivity index (χ2n) is 4.89. The van der Waals surface area contributed by atoms with E-state index in [2.05, 4.69) is 16.9 Å². The monoisotopic (exact) mass is 299 g/mol. The highest BCUT2D eigenvalue weighted by Crippen LogP contribution is 2.20. The molecule has 0 radical (unpaired) electrons. The topological polar surface area (TPSA) is 85.4 Å². The van der Waals surface area contributed by atoms with Gasteiger partial charge in [0.15, 0.2) is 0 Å². The van der Waals surface area contributed by atoms with Crippen molar-refractivity contribution in [3.8, 4) is 0 Å². The highest BCUT2D eigenvalue weighted by molar-refractivity contribution is 7.89. The van der Waals surface area contributed by atoms with Gasteiger partial charge in [0.2, 0.25) is 10.0 Å². The molecule has 1 heterocycles. The van der Waals surface area contributed by atoms with Crippen LogP contribution in [0.2, 0.25) is 0 Å². The maximum absolute atomic E-state index is 12.4. The van der Waals surface area contributed by atoms with E-state index in [4.69, 9.17) is 5.11 Å². The summed E-state index contributed by atoms with van der Waals surface area (Å²) in [6.07, 6.45) is 5.38. The molecule has 0 saturated heterocycles. The van der Waals surface area contributed by atoms with Crippen molar-refractivity contribution in [1.29, 1.82) is 0 Å². The van der Waals surface area contributed by atoms with Crippen molar-refractivity contribution in [1.82, 2.24) is 14.6 Å². The number of rotatable bonds is 9. The average Bonchev–Trinajstić information content (AvgIpc) is 3.12. The van der Waals surface area contributed by atoms with Crippen LogP contribution in [0.3, 0.4) is 0 Å². The first kappa shape index (κ1) is 15.2. The lowest BCUT2D eigenvalue weighted by molar-refractivity contribution is 0.260. The van der Waals surface area contributed by atoms with E-state index in [1.54, 1.807) is 6.07 Å². The number of nitrogens with one attached hydrogen (secondary N) is 2. The van der Waals surface area contributed by atoms with E-state index in [-0.39, 0.29) is 24.6 Å². The van der Waals surface area contributed by atoms with E-state index < -0.39 is 10.0 Å². The van der Waals surface area contributed by atoms with Crippen LogP contribution in [0.4, 0.5) is 0 Å². The molecule has 1 fully saturated rings. The largest absolute Gasteiger partial charge is 0.395 e. The summed E-state index contributed by atoms with van der Waals surface area (Å²) in [5.74, 6) is 0. The predicted molar refractivity (Wildman–Crippen MR) is 76.7 cm³/mol. The van der Waals surface area contributed by atoms with Crippen LogP contribution in [0.25, 0.3) is 0 Å². The van der Waals surface area contributed by atoms with Gasteiger partial charge in [-0.25, -0.2) is 8.42 Å². The zero-order chi connectivity index (χ0) is 14.6. The third-order valence-corrected chi connectivity index (χ3v) is 5.04. The third-order valence-electron chi connectivity index (χ3n) is 3.19. The molecule has 1 aliphatic carbocycles. The summed E-state index contributed by atoms with van der Waals surface area (Å²) < 4.78 is 26.0. The molecular formula is C13H21N3O3S. The van der Waals surface area contributed by atoms with Crippen LogP contribution in [0.1, 0.15) is 18.5 Å². The minimum Gasteiger partial charge on any atom is -0.395 e. The Bertz CT molecular complexity index is 549. The molecule has 0 amide bonds. The first-order chi connectivity index (χ1) is 9.57. The zero-order valence-corrected chi connectivity index (χ0v) is 12.2. The van der Waals surface area contributed by atoms with Gasteiger partial charge in [-0.2, -0.15) is 4.31 Å². The number of sulfonamides is 1. The Kier molecular flexibility index (Phi) is 4.98. The van der Waals surface area contributed by atoms with Gasteiger partial charge >= 0.3 is 0 Å². The van der Waals surface area contributed by atoms with Crippen LogP contribution >= 0.6 is 0 Å². The summed E-state index contributed by atoms with van der Waals surface area (Å²) in [7, 11) is -3.58. The van der Waals surface area contributed by atoms with Crippen molar-refractivity contribution in [2.75, 3.05) is 19.7 Å². The van der Waals surface area contributed by atoms with Gasteiger partial charge in [-0.3, -0.25) is 0 Å². The summed E-state index contributed by atoms with van der Waals surface area (Å²) >= 11 is 0. The number of hydrogen-bond acceptors (Lipinski definition) is 4. The van der Waals surface area contributed by atoms with E-state index in [0.29, 0.717) is 12.6 Å². The number of aromatic amines is 1. The Morgan fingerprint density at radius 3 is 2.90 bits per heavy atom. The summed E-state index contributed by atoms with van der Waals surface area (Å²) in [4.78, 5) is 3.20. The van der Waals surface area contributed by atoms with Gasteiger partial charge in [0.25, 0.3) is 0 Å². The smallest absolute Gasteiger partial charge is 0.244 e. The SMILES string of the molecule is C=CCN(CCO)S(=O)(=O)c1c[nH]c(CNC2CC2)c1. The molecule has 2 rings (SSSR count). The highest BCUT2D eigenvalue weighted by atomic mass is 32.2. The summed E-state index contributed by atoms with van der Waals surface area (Å²) in [5.41, 5.74) is 0.845. The van der Waals surface area contributed by atoms with Crippen molar-refractivity contribution in [2.24, 2.45) is 0 Å². The lowest BCUT2D eigenvalue weighted by Crippen LogP contribution is -2.33. The minimum absolute atomic E-state index is 0.0647. The first-order valence-electron chi connectivity index (χ1n) is 6.70. The molecule has 0 spiro atoms. The minimum atomic E-state index is -3.58. The first-order valence-corrected chi connectivity index (χ1v) is 8.14. The van der Waals surface area contributed by atoms with Crippen LogP contribution in [0, 0.1) is 0 Å². The molecule has 112 valence electrons. The summed E-state index contributed by atoms with van der Waals surface area (Å²) in [6.45, 7) is 4.22. The van der Waals surface area contributed by atoms with Crippen LogP contribution in [0.5, 0.6) is 0 Å². The fourth-order valence-electron chi connectivity index (χ4n) is 1.93. The van der Waals surface area contributed by atoms with E-state index in [1.165, 1.54) is 29.4 Å². The van der Waals surface area contributed by atoms with Gasteiger partial charge < -0.3 is 15.4 Å². The molecule has 0 aliphatic heterocycles. The number of nitrogens with zero attached hydrogens (tertiary/aromatic N) is 1. The molecule has 6 nitrogen and oxygen atoms in total. The van der Waals surface area contributed by atoms with Crippen molar-refractivity contribution >= 4 is 10.0 Å². The van der Waals surface area contributed by atoms with E-state index in [1.807, 2.05) is 0 Å². The second-order valence-corrected chi connectivity index (χ2v) is 6.83. The molecular weight excluding hydrogens is 278 g/mol. The van der Waals surface area contributed by atoms with Crippen LogP contribution in [-0.4, -0.2) is 48.6 Å². The van der Waals surface area contributed by atoms with Crippen LogP contribution in [-0.2, 0) is 16.6 Å². The maximum Gasteiger partial charge on any atom is 0.244 e. The fourth-order valence-corrected chi connectivity index (χ4v) is 3.35. The van der Waals surface area contributed by atoms with Crippen molar-refractivity contribution in [2.45, 2.75) is 30.3 Å². The second kappa shape index (κ2) is 6.53. The average molecular weight is 299 g/mol. The standard InChI is InChI=1S/C13H21N3O3S/c1-2-5-16(6-7-17)20(18,19)13-8-12(15-10-13)9-14-11-3-4-11/h2,8,10-11,14-15,17H,1,3-7,9H2. The van der Waals surface area contributed by atoms with Gasteiger partial charge in [-0.15, -0.1) is 6.58 Å². The Hall–Kier alpha value is -1.15. The van der Waals surface area contributed by atoms with E-state index >= 15 is 0 Å². The van der Waals surface area contributed by atoms with E-state index in [0.717, 1.165) is 5.69 Å². The van der Waals surface area contributed by atoms with Gasteiger partial charge in [0.1, 0.15) is 0 Å². The molecule has 1 aliphatic rings. The lowest BCUT2D eigenvalue weighted by Gasteiger charge is -2.18. The molecule has 3 N–H and O–H groups in total. The molecule has 1 saturated carbocycles. The number of aliphatic hydroxyl groups is 1. The summed E-state index contributed by atoms with van der Waals surface area (Å²) in [5, 5.41) is 12.3. The van der Waals surface area contributed by atoms with Gasteiger partial charge in [-0.1, -0.05) is 6.08 Å². The Morgan fingerprint density at radius 2 is 2.30 bits per heavy atom. The molecule has 0 atom stereocenters. The maximum atomic E-state index is 12.4. The molecule has 0 bridgehead atoms. The quantitative estimate of drug-likeness (QED) is 0.577. The van der Waals surface area contributed by atoms with Gasteiger partial charge in [-0.05, 0) is 18.9 Å². The molecule has 7 heteroatoms. The Morgan fingerprint density at radius 1 is 1.55 bits per heavy atom. The molecule has 1 aromatic rings. The number of H-pyrrole nitrogens is 1. The predicted octanol–water partition coefficient (Wildman–Crippen LogP) is 0.436.